The van der Waals surface area contributed by atoms with E-state index in [1.807, 2.05) is 31.2 Å². The third-order valence-electron chi connectivity index (χ3n) is 6.49. The van der Waals surface area contributed by atoms with Gasteiger partial charge in [-0.05, 0) is 32.9 Å². The summed E-state index contributed by atoms with van der Waals surface area (Å²) in [5.41, 5.74) is 4.17. The van der Waals surface area contributed by atoms with Crippen molar-refractivity contribution >= 4 is 21.6 Å². The molecule has 184 valence electrons. The summed E-state index contributed by atoms with van der Waals surface area (Å²) in [5, 5.41) is 15.9. The maximum Gasteiger partial charge on any atom is 0.167 e. The number of β-amino-alcohol motifs (C(OH)–C–C–N with tert-alkyl or cyclic N) is 1. The molecule has 1 saturated heterocycles. The van der Waals surface area contributed by atoms with Crippen LogP contribution in [0.3, 0.4) is 0 Å². The summed E-state index contributed by atoms with van der Waals surface area (Å²) < 4.78 is 12.6. The molecule has 0 saturated carbocycles. The lowest BCUT2D eigenvalue weighted by atomic mass is 10.1. The Morgan fingerprint density at radius 2 is 1.97 bits per heavy atom. The van der Waals surface area contributed by atoms with Gasteiger partial charge in [-0.25, -0.2) is 4.98 Å². The second-order valence-corrected chi connectivity index (χ2v) is 10.7. The van der Waals surface area contributed by atoms with Crippen LogP contribution in [-0.2, 0) is 6.54 Å². The minimum absolute atomic E-state index is 0.268. The molecule has 1 aliphatic heterocycles. The van der Waals surface area contributed by atoms with Crippen LogP contribution in [0, 0.1) is 13.8 Å². The van der Waals surface area contributed by atoms with Crippen molar-refractivity contribution < 1.29 is 14.4 Å². The highest BCUT2D eigenvalue weighted by Gasteiger charge is 2.26. The third kappa shape index (κ3) is 5.90. The molecular weight excluding hydrogens is 460 g/mol. The van der Waals surface area contributed by atoms with E-state index in [1.54, 1.807) is 11.3 Å². The number of hydrogen-bond acceptors (Lipinski definition) is 8. The van der Waals surface area contributed by atoms with Gasteiger partial charge in [-0.2, -0.15) is 0 Å². The monoisotopic (exact) mass is 492 g/mol. The van der Waals surface area contributed by atoms with Gasteiger partial charge >= 0.3 is 0 Å². The van der Waals surface area contributed by atoms with Gasteiger partial charge < -0.3 is 14.4 Å². The lowest BCUT2D eigenvalue weighted by Crippen LogP contribution is -2.53. The number of thiazole rings is 1. The SMILES string of the molecule is Cc1ccc(-c2cc(CN3CCN(CC(O)COc4ccc5sc(C)nc5c4)CC3C)no2)cc1. The average molecular weight is 493 g/mol. The maximum absolute atomic E-state index is 10.6. The van der Waals surface area contributed by atoms with Crippen LogP contribution in [-0.4, -0.2) is 70.0 Å². The van der Waals surface area contributed by atoms with Crippen molar-refractivity contribution in [2.45, 2.75) is 39.5 Å². The summed E-state index contributed by atoms with van der Waals surface area (Å²) >= 11 is 1.67. The number of benzene rings is 2. The molecule has 2 aromatic carbocycles. The van der Waals surface area contributed by atoms with Gasteiger partial charge in [0.25, 0.3) is 0 Å². The topological polar surface area (TPSA) is 74.9 Å². The summed E-state index contributed by atoms with van der Waals surface area (Å²) in [6.07, 6.45) is -0.547. The quantitative estimate of drug-likeness (QED) is 0.388. The minimum Gasteiger partial charge on any atom is -0.491 e. The first-order valence-corrected chi connectivity index (χ1v) is 12.9. The van der Waals surface area contributed by atoms with E-state index in [4.69, 9.17) is 9.26 Å². The summed E-state index contributed by atoms with van der Waals surface area (Å²) in [6.45, 7) is 10.6. The molecule has 0 bridgehead atoms. The van der Waals surface area contributed by atoms with E-state index in [1.165, 1.54) is 5.56 Å². The fourth-order valence-corrected chi connectivity index (χ4v) is 5.38. The number of hydrogen-bond donors (Lipinski definition) is 1. The molecule has 2 atom stereocenters. The van der Waals surface area contributed by atoms with Gasteiger partial charge in [-0.1, -0.05) is 35.0 Å². The Labute approximate surface area is 209 Å². The molecule has 0 amide bonds. The van der Waals surface area contributed by atoms with Crippen LogP contribution >= 0.6 is 11.3 Å². The zero-order valence-electron chi connectivity index (χ0n) is 20.5. The highest BCUT2D eigenvalue weighted by atomic mass is 32.1. The molecule has 0 radical (unpaired) electrons. The number of piperazine rings is 1. The van der Waals surface area contributed by atoms with E-state index in [-0.39, 0.29) is 6.61 Å². The van der Waals surface area contributed by atoms with E-state index >= 15 is 0 Å². The zero-order valence-corrected chi connectivity index (χ0v) is 21.3. The van der Waals surface area contributed by atoms with Crippen molar-refractivity contribution in [2.24, 2.45) is 0 Å². The lowest BCUT2D eigenvalue weighted by molar-refractivity contribution is 0.0250. The van der Waals surface area contributed by atoms with Gasteiger partial charge in [0.15, 0.2) is 5.76 Å². The molecule has 7 nitrogen and oxygen atoms in total. The van der Waals surface area contributed by atoms with Gasteiger partial charge in [0, 0.05) is 56.5 Å². The van der Waals surface area contributed by atoms with Crippen LogP contribution in [0.2, 0.25) is 0 Å². The summed E-state index contributed by atoms with van der Waals surface area (Å²) in [4.78, 5) is 9.24. The Hall–Kier alpha value is -2.78. The van der Waals surface area contributed by atoms with Crippen LogP contribution in [0.5, 0.6) is 5.75 Å². The number of aromatic nitrogens is 2. The maximum atomic E-state index is 10.6. The molecule has 1 N–H and O–H groups in total. The predicted molar refractivity (Wildman–Crippen MR) is 139 cm³/mol. The van der Waals surface area contributed by atoms with E-state index in [0.29, 0.717) is 12.6 Å². The molecule has 1 fully saturated rings. The number of aryl methyl sites for hydroxylation is 2. The molecule has 2 aromatic heterocycles. The van der Waals surface area contributed by atoms with Crippen LogP contribution in [0.4, 0.5) is 0 Å². The van der Waals surface area contributed by atoms with Crippen molar-refractivity contribution in [1.29, 1.82) is 0 Å². The van der Waals surface area contributed by atoms with Gasteiger partial charge in [0.2, 0.25) is 0 Å². The van der Waals surface area contributed by atoms with Crippen LogP contribution in [0.25, 0.3) is 21.5 Å². The van der Waals surface area contributed by atoms with Crippen LogP contribution in [0.15, 0.2) is 53.1 Å². The second-order valence-electron chi connectivity index (χ2n) is 9.45. The Balaban J connectivity index is 1.09. The predicted octanol–water partition coefficient (Wildman–Crippen LogP) is 4.51. The number of aliphatic hydroxyl groups is 1. The average Bonchev–Trinajstić information content (AvgIpc) is 3.45. The highest BCUT2D eigenvalue weighted by molar-refractivity contribution is 7.18. The Bertz CT molecular complexity index is 1270. The number of ether oxygens (including phenoxy) is 1. The first-order chi connectivity index (χ1) is 16.9. The van der Waals surface area contributed by atoms with Crippen molar-refractivity contribution in [2.75, 3.05) is 32.8 Å². The summed E-state index contributed by atoms with van der Waals surface area (Å²) in [5.74, 6) is 1.55. The van der Waals surface area contributed by atoms with Gasteiger partial charge in [-0.3, -0.25) is 9.80 Å². The van der Waals surface area contributed by atoms with E-state index in [0.717, 1.165) is 64.2 Å². The number of nitrogens with zero attached hydrogens (tertiary/aromatic N) is 4. The standard InChI is InChI=1S/C27H32N4O3S/c1-18-4-6-21(7-5-18)26-12-22(29-34-26)15-31-11-10-30(14-19(31)2)16-23(32)17-33-24-8-9-27-25(13-24)28-20(3)35-27/h4-9,12-13,19,23,32H,10-11,14-17H2,1-3H3. The van der Waals surface area contributed by atoms with E-state index < -0.39 is 6.10 Å². The van der Waals surface area contributed by atoms with Gasteiger partial charge in [0.1, 0.15) is 18.5 Å². The van der Waals surface area contributed by atoms with E-state index in [2.05, 4.69) is 58.1 Å². The zero-order chi connectivity index (χ0) is 24.4. The van der Waals surface area contributed by atoms with Gasteiger partial charge in [-0.15, -0.1) is 11.3 Å². The first-order valence-electron chi connectivity index (χ1n) is 12.1. The molecule has 1 aliphatic rings. The Morgan fingerprint density at radius 1 is 1.14 bits per heavy atom. The Kier molecular flexibility index (Phi) is 7.15. The lowest BCUT2D eigenvalue weighted by Gasteiger charge is -2.40. The third-order valence-corrected chi connectivity index (χ3v) is 7.44. The molecule has 35 heavy (non-hydrogen) atoms. The number of rotatable bonds is 8. The normalized spacial score (nSPS) is 18.2. The van der Waals surface area contributed by atoms with E-state index in [9.17, 15) is 5.11 Å². The fraction of sp³-hybridized carbons (Fsp3) is 0.407. The van der Waals surface area contributed by atoms with Crippen molar-refractivity contribution in [3.8, 4) is 17.1 Å². The molecule has 8 heteroatoms. The van der Waals surface area contributed by atoms with Crippen molar-refractivity contribution in [1.82, 2.24) is 19.9 Å². The second kappa shape index (κ2) is 10.5. The first kappa shape index (κ1) is 23.9. The van der Waals surface area contributed by atoms with Crippen LogP contribution in [0.1, 0.15) is 23.2 Å². The molecular formula is C27H32N4O3S. The number of fused-ring (bicyclic) bond motifs is 1. The largest absolute Gasteiger partial charge is 0.491 e. The van der Waals surface area contributed by atoms with Gasteiger partial charge in [0.05, 0.1) is 20.9 Å². The molecule has 5 rings (SSSR count). The molecule has 0 spiro atoms. The van der Waals surface area contributed by atoms with Crippen molar-refractivity contribution in [3.63, 3.8) is 0 Å². The summed E-state index contributed by atoms with van der Waals surface area (Å²) in [7, 11) is 0. The Morgan fingerprint density at radius 3 is 2.77 bits per heavy atom. The number of aliphatic hydroxyl groups excluding tert-OH is 1. The summed E-state index contributed by atoms with van der Waals surface area (Å²) in [6, 6.07) is 16.6. The molecule has 0 aliphatic carbocycles. The molecule has 3 heterocycles. The highest BCUT2D eigenvalue weighted by Crippen LogP contribution is 2.26. The van der Waals surface area contributed by atoms with Crippen molar-refractivity contribution in [3.05, 3.63) is 64.8 Å². The smallest absolute Gasteiger partial charge is 0.167 e. The molecule has 2 unspecified atom stereocenters. The fourth-order valence-electron chi connectivity index (χ4n) is 4.58. The molecule has 4 aromatic rings. The minimum atomic E-state index is -0.547. The van der Waals surface area contributed by atoms with Crippen LogP contribution < -0.4 is 4.74 Å².